The molecule has 7 heteroatoms. The van der Waals surface area contributed by atoms with Gasteiger partial charge in [-0.25, -0.2) is 8.42 Å². The Hall–Kier alpha value is -1.27. The maximum atomic E-state index is 11.7. The number of carbonyl (C=O) groups is 1. The van der Waals surface area contributed by atoms with E-state index in [-0.39, 0.29) is 5.75 Å². The average molecular weight is 319 g/mol. The first-order valence-corrected chi connectivity index (χ1v) is 8.59. The fourth-order valence-corrected chi connectivity index (χ4v) is 3.09. The highest BCUT2D eigenvalue weighted by Gasteiger charge is 2.17. The Morgan fingerprint density at radius 2 is 2.05 bits per heavy atom. The van der Waals surface area contributed by atoms with E-state index in [9.17, 15) is 13.2 Å². The van der Waals surface area contributed by atoms with Crippen LogP contribution in [-0.2, 0) is 14.6 Å². The fourth-order valence-electron chi connectivity index (χ4n) is 1.67. The molecular formula is C13H19ClN2O3S. The first-order chi connectivity index (χ1) is 9.34. The number of halogens is 1. The molecule has 0 aliphatic carbocycles. The lowest BCUT2D eigenvalue weighted by Crippen LogP contribution is -2.24. The van der Waals surface area contributed by atoms with Gasteiger partial charge in [0, 0.05) is 5.69 Å². The van der Waals surface area contributed by atoms with E-state index in [1.54, 1.807) is 12.1 Å². The molecule has 0 aliphatic rings. The molecule has 1 amide bonds. The highest BCUT2D eigenvalue weighted by atomic mass is 35.5. The summed E-state index contributed by atoms with van der Waals surface area (Å²) >= 11 is 5.89. The molecule has 0 fully saturated rings. The molecule has 5 nitrogen and oxygen atoms in total. The number of amides is 1. The molecule has 20 heavy (non-hydrogen) atoms. The molecule has 0 heterocycles. The predicted octanol–water partition coefficient (Wildman–Crippen LogP) is 2.47. The summed E-state index contributed by atoms with van der Waals surface area (Å²) in [7, 11) is -3.38. The topological polar surface area (TPSA) is 89.3 Å². The molecular weight excluding hydrogens is 300 g/mol. The van der Waals surface area contributed by atoms with Crippen molar-refractivity contribution in [3.8, 4) is 0 Å². The van der Waals surface area contributed by atoms with Gasteiger partial charge < -0.3 is 11.1 Å². The van der Waals surface area contributed by atoms with Gasteiger partial charge in [0.15, 0.2) is 9.84 Å². The average Bonchev–Trinajstić information content (AvgIpc) is 2.33. The second kappa shape index (κ2) is 7.50. The van der Waals surface area contributed by atoms with Crippen LogP contribution in [0, 0.1) is 0 Å². The molecule has 1 aromatic rings. The largest absolute Gasteiger partial charge is 0.399 e. The molecule has 0 bridgehead atoms. The van der Waals surface area contributed by atoms with E-state index in [1.165, 1.54) is 6.07 Å². The van der Waals surface area contributed by atoms with E-state index in [4.69, 9.17) is 17.3 Å². The minimum Gasteiger partial charge on any atom is -0.399 e. The lowest BCUT2D eigenvalue weighted by atomic mass is 10.3. The van der Waals surface area contributed by atoms with E-state index < -0.39 is 21.5 Å². The highest BCUT2D eigenvalue weighted by Crippen LogP contribution is 2.24. The third-order valence-corrected chi connectivity index (χ3v) is 4.62. The second-order valence-corrected chi connectivity index (χ2v) is 7.18. The summed E-state index contributed by atoms with van der Waals surface area (Å²) in [5.74, 6) is -1.12. The molecule has 112 valence electrons. The molecule has 0 spiro atoms. The Kier molecular flexibility index (Phi) is 6.29. The standard InChI is InChI=1S/C13H19ClN2O3S/c1-2-3-4-7-20(18,19)9-13(17)16-12-8-10(15)5-6-11(12)14/h5-6,8H,2-4,7,9,15H2,1H3,(H,16,17). The van der Waals surface area contributed by atoms with Gasteiger partial charge in [0.1, 0.15) is 5.75 Å². The SMILES string of the molecule is CCCCCS(=O)(=O)CC(=O)Nc1cc(N)ccc1Cl. The minimum atomic E-state index is -3.38. The van der Waals surface area contributed by atoms with Gasteiger partial charge in [0.25, 0.3) is 0 Å². The van der Waals surface area contributed by atoms with Gasteiger partial charge in [-0.1, -0.05) is 31.4 Å². The van der Waals surface area contributed by atoms with Gasteiger partial charge in [-0.05, 0) is 24.6 Å². The van der Waals surface area contributed by atoms with Crippen molar-refractivity contribution in [1.82, 2.24) is 0 Å². The van der Waals surface area contributed by atoms with Crippen LogP contribution < -0.4 is 11.1 Å². The Morgan fingerprint density at radius 3 is 2.70 bits per heavy atom. The molecule has 0 saturated heterocycles. The van der Waals surface area contributed by atoms with Crippen molar-refractivity contribution < 1.29 is 13.2 Å². The van der Waals surface area contributed by atoms with Gasteiger partial charge >= 0.3 is 0 Å². The third-order valence-electron chi connectivity index (χ3n) is 2.67. The Labute approximate surface area is 124 Å². The molecule has 0 atom stereocenters. The van der Waals surface area contributed by atoms with Crippen LogP contribution in [0.1, 0.15) is 26.2 Å². The number of sulfone groups is 1. The van der Waals surface area contributed by atoms with Crippen molar-refractivity contribution in [2.75, 3.05) is 22.6 Å². The number of carbonyl (C=O) groups excluding carboxylic acids is 1. The van der Waals surface area contributed by atoms with E-state index in [0.29, 0.717) is 22.8 Å². The minimum absolute atomic E-state index is 0.0267. The normalized spacial score (nSPS) is 11.3. The molecule has 1 rings (SSSR count). The monoisotopic (exact) mass is 318 g/mol. The zero-order chi connectivity index (χ0) is 15.2. The first kappa shape index (κ1) is 16.8. The summed E-state index contributed by atoms with van der Waals surface area (Å²) < 4.78 is 23.5. The van der Waals surface area contributed by atoms with Crippen LogP contribution in [0.25, 0.3) is 0 Å². The Morgan fingerprint density at radius 1 is 1.35 bits per heavy atom. The van der Waals surface area contributed by atoms with Gasteiger partial charge in [-0.3, -0.25) is 4.79 Å². The number of unbranched alkanes of at least 4 members (excludes halogenated alkanes) is 2. The van der Waals surface area contributed by atoms with Gasteiger partial charge in [0.2, 0.25) is 5.91 Å². The van der Waals surface area contributed by atoms with Gasteiger partial charge in [-0.2, -0.15) is 0 Å². The number of nitrogens with two attached hydrogens (primary N) is 1. The molecule has 0 aliphatic heterocycles. The summed E-state index contributed by atoms with van der Waals surface area (Å²) in [6.45, 7) is 1.99. The van der Waals surface area contributed by atoms with Crippen LogP contribution >= 0.6 is 11.6 Å². The van der Waals surface area contributed by atoms with E-state index in [2.05, 4.69) is 5.32 Å². The van der Waals surface area contributed by atoms with E-state index in [0.717, 1.165) is 12.8 Å². The van der Waals surface area contributed by atoms with Crippen LogP contribution in [0.2, 0.25) is 5.02 Å². The molecule has 0 radical (unpaired) electrons. The fraction of sp³-hybridized carbons (Fsp3) is 0.462. The van der Waals surface area contributed by atoms with Crippen LogP contribution in [0.3, 0.4) is 0 Å². The smallest absolute Gasteiger partial charge is 0.239 e. The maximum Gasteiger partial charge on any atom is 0.239 e. The summed E-state index contributed by atoms with van der Waals surface area (Å²) in [5.41, 5.74) is 6.34. The molecule has 0 aromatic heterocycles. The van der Waals surface area contributed by atoms with Crippen LogP contribution in [-0.4, -0.2) is 25.8 Å². The van der Waals surface area contributed by atoms with Gasteiger partial charge in [0.05, 0.1) is 16.5 Å². The van der Waals surface area contributed by atoms with Crippen LogP contribution in [0.5, 0.6) is 0 Å². The van der Waals surface area contributed by atoms with Crippen LogP contribution in [0.15, 0.2) is 18.2 Å². The number of rotatable bonds is 7. The zero-order valence-electron chi connectivity index (χ0n) is 11.4. The van der Waals surface area contributed by atoms with Crippen molar-refractivity contribution in [3.05, 3.63) is 23.2 Å². The van der Waals surface area contributed by atoms with Crippen molar-refractivity contribution in [2.24, 2.45) is 0 Å². The number of anilines is 2. The number of benzene rings is 1. The summed E-state index contributed by atoms with van der Waals surface area (Å²) in [5, 5.41) is 2.78. The summed E-state index contributed by atoms with van der Waals surface area (Å²) in [6, 6.07) is 4.63. The van der Waals surface area contributed by atoms with E-state index in [1.807, 2.05) is 6.92 Å². The van der Waals surface area contributed by atoms with E-state index >= 15 is 0 Å². The highest BCUT2D eigenvalue weighted by molar-refractivity contribution is 7.92. The van der Waals surface area contributed by atoms with Crippen molar-refractivity contribution in [3.63, 3.8) is 0 Å². The Bertz CT molecular complexity index is 573. The molecule has 0 unspecified atom stereocenters. The Balaban J connectivity index is 2.61. The lowest BCUT2D eigenvalue weighted by molar-refractivity contribution is -0.113. The first-order valence-electron chi connectivity index (χ1n) is 6.39. The zero-order valence-corrected chi connectivity index (χ0v) is 12.9. The number of nitrogens with one attached hydrogen (secondary N) is 1. The third kappa shape index (κ3) is 5.79. The maximum absolute atomic E-state index is 11.7. The van der Waals surface area contributed by atoms with Crippen molar-refractivity contribution >= 4 is 38.7 Å². The quantitative estimate of drug-likeness (QED) is 0.597. The summed E-state index contributed by atoms with van der Waals surface area (Å²) in [6.07, 6.45) is 2.34. The molecule has 3 N–H and O–H groups in total. The predicted molar refractivity (Wildman–Crippen MR) is 82.7 cm³/mol. The number of hydrogen-bond donors (Lipinski definition) is 2. The van der Waals surface area contributed by atoms with Crippen LogP contribution in [0.4, 0.5) is 11.4 Å². The van der Waals surface area contributed by atoms with Gasteiger partial charge in [-0.15, -0.1) is 0 Å². The second-order valence-electron chi connectivity index (χ2n) is 4.59. The lowest BCUT2D eigenvalue weighted by Gasteiger charge is -2.08. The van der Waals surface area contributed by atoms with Crippen molar-refractivity contribution in [1.29, 1.82) is 0 Å². The molecule has 1 aromatic carbocycles. The number of hydrogen-bond acceptors (Lipinski definition) is 4. The summed E-state index contributed by atoms with van der Waals surface area (Å²) in [4.78, 5) is 11.7. The molecule has 0 saturated carbocycles. The number of nitrogen functional groups attached to an aromatic ring is 1. The van der Waals surface area contributed by atoms with Crippen molar-refractivity contribution in [2.45, 2.75) is 26.2 Å².